The molecule has 1 fully saturated rings. The maximum atomic E-state index is 12.5. The normalized spacial score (nSPS) is 19.3. The van der Waals surface area contributed by atoms with Gasteiger partial charge in [0.15, 0.2) is 0 Å². The molecule has 0 saturated carbocycles. The van der Waals surface area contributed by atoms with Crippen LogP contribution < -0.4 is 5.73 Å². The molecule has 21 heavy (non-hydrogen) atoms. The van der Waals surface area contributed by atoms with E-state index < -0.39 is 10.0 Å². The van der Waals surface area contributed by atoms with Crippen LogP contribution in [0, 0.1) is 0 Å². The van der Waals surface area contributed by atoms with Crippen molar-refractivity contribution < 1.29 is 13.2 Å². The van der Waals surface area contributed by atoms with Gasteiger partial charge < -0.3 is 10.5 Å². The van der Waals surface area contributed by atoms with Gasteiger partial charge in [0.25, 0.3) is 0 Å². The second-order valence-corrected chi connectivity index (χ2v) is 7.50. The summed E-state index contributed by atoms with van der Waals surface area (Å²) in [6.07, 6.45) is 3.74. The van der Waals surface area contributed by atoms with Crippen LogP contribution in [0.3, 0.4) is 0 Å². The first-order chi connectivity index (χ1) is 10.0. The quantitative estimate of drug-likeness (QED) is 0.825. The van der Waals surface area contributed by atoms with Crippen molar-refractivity contribution in [2.24, 2.45) is 5.73 Å². The lowest BCUT2D eigenvalue weighted by atomic mass is 10.1. The second kappa shape index (κ2) is 7.35. The van der Waals surface area contributed by atoms with Gasteiger partial charge in [0.05, 0.1) is 11.0 Å². The van der Waals surface area contributed by atoms with Gasteiger partial charge in [-0.15, -0.1) is 0 Å². The first-order valence-corrected chi connectivity index (χ1v) is 8.85. The number of hydrogen-bond donors (Lipinski definition) is 1. The number of benzene rings is 1. The molecular formula is C15H24N2O3S. The van der Waals surface area contributed by atoms with Crippen molar-refractivity contribution in [2.45, 2.75) is 36.7 Å². The van der Waals surface area contributed by atoms with Crippen molar-refractivity contribution in [2.75, 3.05) is 26.7 Å². The first-order valence-electron chi connectivity index (χ1n) is 7.41. The molecule has 5 nitrogen and oxygen atoms in total. The number of sulfonamides is 1. The molecule has 2 rings (SSSR count). The minimum Gasteiger partial charge on any atom is -0.377 e. The summed E-state index contributed by atoms with van der Waals surface area (Å²) < 4.78 is 31.9. The molecule has 6 heteroatoms. The molecule has 1 heterocycles. The Morgan fingerprint density at radius 3 is 2.62 bits per heavy atom. The van der Waals surface area contributed by atoms with Crippen LogP contribution in [0.2, 0.25) is 0 Å². The Kier molecular flexibility index (Phi) is 5.75. The van der Waals surface area contributed by atoms with Gasteiger partial charge in [0.2, 0.25) is 10.0 Å². The Morgan fingerprint density at radius 1 is 1.33 bits per heavy atom. The van der Waals surface area contributed by atoms with E-state index in [1.54, 1.807) is 19.2 Å². The third-order valence-corrected chi connectivity index (χ3v) is 5.62. The van der Waals surface area contributed by atoms with Gasteiger partial charge in [-0.1, -0.05) is 12.1 Å². The van der Waals surface area contributed by atoms with E-state index in [0.29, 0.717) is 18.0 Å². The van der Waals surface area contributed by atoms with E-state index in [1.807, 2.05) is 12.1 Å². The molecule has 0 amide bonds. The lowest BCUT2D eigenvalue weighted by Crippen LogP contribution is -2.34. The monoisotopic (exact) mass is 312 g/mol. The van der Waals surface area contributed by atoms with E-state index in [4.69, 9.17) is 10.5 Å². The Balaban J connectivity index is 2.03. The maximum absolute atomic E-state index is 12.5. The lowest BCUT2D eigenvalue weighted by Gasteiger charge is -2.20. The van der Waals surface area contributed by atoms with Crippen LogP contribution in [0.5, 0.6) is 0 Å². The number of nitrogens with two attached hydrogens (primary N) is 1. The van der Waals surface area contributed by atoms with Crippen LogP contribution in [-0.2, 0) is 21.2 Å². The summed E-state index contributed by atoms with van der Waals surface area (Å²) in [5.41, 5.74) is 6.59. The number of rotatable bonds is 7. The number of likely N-dealkylation sites (N-methyl/N-ethyl adjacent to an activating group) is 1. The maximum Gasteiger partial charge on any atom is 0.242 e. The summed E-state index contributed by atoms with van der Waals surface area (Å²) in [6.45, 7) is 1.79. The lowest BCUT2D eigenvalue weighted by molar-refractivity contribution is 0.0979. The second-order valence-electron chi connectivity index (χ2n) is 5.46. The van der Waals surface area contributed by atoms with Crippen LogP contribution in [0.15, 0.2) is 29.2 Å². The molecule has 1 atom stereocenters. The molecule has 1 aromatic carbocycles. The van der Waals surface area contributed by atoms with E-state index in [1.165, 1.54) is 4.31 Å². The SMILES string of the molecule is CN(CC1CCCO1)S(=O)(=O)c1ccc(CCCN)cc1. The fourth-order valence-corrected chi connectivity index (χ4v) is 3.69. The number of aryl methyl sites for hydroxylation is 1. The van der Waals surface area contributed by atoms with Gasteiger partial charge in [0, 0.05) is 20.2 Å². The Labute approximate surface area is 127 Å². The number of nitrogens with zero attached hydrogens (tertiary/aromatic N) is 1. The highest BCUT2D eigenvalue weighted by molar-refractivity contribution is 7.89. The zero-order chi connectivity index (χ0) is 15.3. The molecule has 2 N–H and O–H groups in total. The average molecular weight is 312 g/mol. The predicted molar refractivity (Wildman–Crippen MR) is 82.6 cm³/mol. The largest absolute Gasteiger partial charge is 0.377 e. The first kappa shape index (κ1) is 16.4. The number of hydrogen-bond acceptors (Lipinski definition) is 4. The fraction of sp³-hybridized carbons (Fsp3) is 0.600. The standard InChI is InChI=1S/C15H24N2O3S/c1-17(12-14-5-3-11-20-14)21(18,19)15-8-6-13(7-9-15)4-2-10-16/h6-9,14H,2-5,10-12,16H2,1H3. The molecule has 0 bridgehead atoms. The third-order valence-electron chi connectivity index (χ3n) is 3.79. The van der Waals surface area contributed by atoms with E-state index in [-0.39, 0.29) is 6.10 Å². The molecule has 1 aliphatic rings. The fourth-order valence-electron chi connectivity index (χ4n) is 2.49. The highest BCUT2D eigenvalue weighted by atomic mass is 32.2. The molecule has 1 saturated heterocycles. The van der Waals surface area contributed by atoms with Gasteiger partial charge in [-0.3, -0.25) is 0 Å². The van der Waals surface area contributed by atoms with Crippen molar-refractivity contribution in [3.05, 3.63) is 29.8 Å². The van der Waals surface area contributed by atoms with Crippen molar-refractivity contribution in [3.8, 4) is 0 Å². The molecule has 1 aromatic rings. The summed E-state index contributed by atoms with van der Waals surface area (Å²) in [6, 6.07) is 7.07. The summed E-state index contributed by atoms with van der Waals surface area (Å²) in [4.78, 5) is 0.333. The van der Waals surface area contributed by atoms with Gasteiger partial charge in [0.1, 0.15) is 0 Å². The van der Waals surface area contributed by atoms with Gasteiger partial charge >= 0.3 is 0 Å². The molecule has 1 aliphatic heterocycles. The zero-order valence-corrected chi connectivity index (χ0v) is 13.3. The smallest absolute Gasteiger partial charge is 0.242 e. The minimum absolute atomic E-state index is 0.0219. The van der Waals surface area contributed by atoms with E-state index >= 15 is 0 Å². The van der Waals surface area contributed by atoms with Crippen LogP contribution in [0.1, 0.15) is 24.8 Å². The van der Waals surface area contributed by atoms with Crippen molar-refractivity contribution in [3.63, 3.8) is 0 Å². The van der Waals surface area contributed by atoms with Crippen molar-refractivity contribution in [1.82, 2.24) is 4.31 Å². The summed E-state index contributed by atoms with van der Waals surface area (Å²) in [7, 11) is -1.82. The highest BCUT2D eigenvalue weighted by Crippen LogP contribution is 2.19. The molecule has 1 unspecified atom stereocenters. The van der Waals surface area contributed by atoms with Gasteiger partial charge in [-0.05, 0) is 49.9 Å². The van der Waals surface area contributed by atoms with Crippen LogP contribution in [0.25, 0.3) is 0 Å². The summed E-state index contributed by atoms with van der Waals surface area (Å²) in [5.74, 6) is 0. The number of ether oxygens (including phenoxy) is 1. The molecule has 0 radical (unpaired) electrons. The van der Waals surface area contributed by atoms with Crippen LogP contribution in [0.4, 0.5) is 0 Å². The van der Waals surface area contributed by atoms with E-state index in [2.05, 4.69) is 0 Å². The third kappa shape index (κ3) is 4.26. The average Bonchev–Trinajstić information content (AvgIpc) is 2.98. The summed E-state index contributed by atoms with van der Waals surface area (Å²) in [5, 5.41) is 0. The summed E-state index contributed by atoms with van der Waals surface area (Å²) >= 11 is 0. The van der Waals surface area contributed by atoms with Gasteiger partial charge in [-0.2, -0.15) is 4.31 Å². The van der Waals surface area contributed by atoms with Crippen molar-refractivity contribution in [1.29, 1.82) is 0 Å². The topological polar surface area (TPSA) is 72.6 Å². The molecule has 0 aromatic heterocycles. The Hall–Kier alpha value is -0.950. The Bertz CT molecular complexity index is 537. The molecule has 118 valence electrons. The molecule has 0 aliphatic carbocycles. The van der Waals surface area contributed by atoms with Gasteiger partial charge in [-0.25, -0.2) is 8.42 Å². The van der Waals surface area contributed by atoms with E-state index in [0.717, 1.165) is 37.9 Å². The Morgan fingerprint density at radius 2 is 2.05 bits per heavy atom. The van der Waals surface area contributed by atoms with E-state index in [9.17, 15) is 8.42 Å². The molecular weight excluding hydrogens is 288 g/mol. The zero-order valence-electron chi connectivity index (χ0n) is 12.5. The predicted octanol–water partition coefficient (Wildman–Crippen LogP) is 1.38. The minimum atomic E-state index is -3.44. The molecule has 0 spiro atoms. The van der Waals surface area contributed by atoms with Crippen LogP contribution >= 0.6 is 0 Å². The van der Waals surface area contributed by atoms with Crippen molar-refractivity contribution >= 4 is 10.0 Å². The highest BCUT2D eigenvalue weighted by Gasteiger charge is 2.25. The van der Waals surface area contributed by atoms with Crippen LogP contribution in [-0.4, -0.2) is 45.6 Å².